The van der Waals surface area contributed by atoms with E-state index in [-0.39, 0.29) is 6.17 Å². The third-order valence-corrected chi connectivity index (χ3v) is 6.12. The van der Waals surface area contributed by atoms with Crippen LogP contribution >= 0.6 is 0 Å². The van der Waals surface area contributed by atoms with Gasteiger partial charge in [0.15, 0.2) is 0 Å². The molecule has 1 unspecified atom stereocenters. The first-order valence-corrected chi connectivity index (χ1v) is 10.4. The third-order valence-electron chi connectivity index (χ3n) is 6.12. The van der Waals surface area contributed by atoms with Gasteiger partial charge in [-0.2, -0.15) is 0 Å². The Morgan fingerprint density at radius 1 is 0.867 bits per heavy atom. The Hall–Kier alpha value is -2.76. The molecule has 0 spiro atoms. The van der Waals surface area contributed by atoms with Gasteiger partial charge in [0, 0.05) is 5.69 Å². The molecule has 0 bridgehead atoms. The number of rotatable bonds is 6. The summed E-state index contributed by atoms with van der Waals surface area (Å²) in [5.41, 5.74) is 4.17. The molecule has 5 heteroatoms. The number of nitrogens with one attached hydrogen (secondary N) is 1. The number of aliphatic hydroxyl groups is 1. The van der Waals surface area contributed by atoms with Crippen molar-refractivity contribution in [2.45, 2.75) is 45.1 Å². The smallest absolute Gasteiger partial charge is 0.309 e. The molecular weight excluding hydrogens is 371 g/mol. The number of hydrogen-bond donors (Lipinski definition) is 2. The van der Waals surface area contributed by atoms with Crippen molar-refractivity contribution in [2.24, 2.45) is 0 Å². The minimum absolute atomic E-state index is 0.0209. The lowest BCUT2D eigenvalue weighted by Gasteiger charge is -2.37. The molecular formula is C25H29BN2O2. The van der Waals surface area contributed by atoms with Crippen molar-refractivity contribution in [1.82, 2.24) is 0 Å². The van der Waals surface area contributed by atoms with Gasteiger partial charge in [0.05, 0.1) is 22.6 Å². The molecule has 30 heavy (non-hydrogen) atoms. The maximum atomic E-state index is 10.3. The summed E-state index contributed by atoms with van der Waals surface area (Å²) in [6.45, 7) is 7.38. The lowest BCUT2D eigenvalue weighted by Crippen LogP contribution is -2.49. The number of nitrogens with zero attached hydrogens (tertiary/aromatic N) is 1. The van der Waals surface area contributed by atoms with Gasteiger partial charge in [0.2, 0.25) is 0 Å². The first-order chi connectivity index (χ1) is 14.3. The lowest BCUT2D eigenvalue weighted by atomic mass is 9.82. The zero-order valence-corrected chi connectivity index (χ0v) is 18.1. The van der Waals surface area contributed by atoms with Crippen LogP contribution in [0.1, 0.15) is 39.4 Å². The first-order valence-electron chi connectivity index (χ1n) is 10.4. The average Bonchev–Trinajstić information content (AvgIpc) is 3.12. The van der Waals surface area contributed by atoms with E-state index in [1.165, 1.54) is 11.3 Å². The molecule has 4 nitrogen and oxygen atoms in total. The van der Waals surface area contributed by atoms with Gasteiger partial charge in [0.1, 0.15) is 6.17 Å². The van der Waals surface area contributed by atoms with E-state index in [2.05, 4.69) is 83.0 Å². The molecule has 1 aliphatic heterocycles. The van der Waals surface area contributed by atoms with Crippen molar-refractivity contribution in [3.05, 3.63) is 84.4 Å². The second-order valence-corrected chi connectivity index (χ2v) is 8.87. The molecule has 0 saturated carbocycles. The molecule has 1 heterocycles. The minimum atomic E-state index is -0.914. The van der Waals surface area contributed by atoms with Gasteiger partial charge in [-0.15, -0.1) is 0 Å². The summed E-state index contributed by atoms with van der Waals surface area (Å²) in [6.07, 6.45) is 0.0209. The van der Waals surface area contributed by atoms with Gasteiger partial charge < -0.3 is 20.0 Å². The highest BCUT2D eigenvalue weighted by atomic mass is 16.5. The summed E-state index contributed by atoms with van der Waals surface area (Å²) in [5, 5.41) is 14.0. The Labute approximate surface area is 179 Å². The second kappa shape index (κ2) is 7.82. The van der Waals surface area contributed by atoms with Crippen molar-refractivity contribution < 1.29 is 9.76 Å². The Kier molecular flexibility index (Phi) is 5.35. The molecule has 4 rings (SSSR count). The fourth-order valence-corrected chi connectivity index (χ4v) is 3.50. The summed E-state index contributed by atoms with van der Waals surface area (Å²) in [6, 6.07) is 27.3. The highest BCUT2D eigenvalue weighted by molar-refractivity contribution is 6.47. The molecule has 0 fully saturated rings. The number of para-hydroxylation sites is 3. The molecule has 0 aliphatic carbocycles. The highest BCUT2D eigenvalue weighted by Gasteiger charge is 2.36. The molecule has 2 N–H and O–H groups in total. The van der Waals surface area contributed by atoms with Crippen LogP contribution in [0.4, 0.5) is 17.1 Å². The van der Waals surface area contributed by atoms with Gasteiger partial charge in [-0.05, 0) is 57.5 Å². The zero-order chi connectivity index (χ0) is 21.4. The van der Waals surface area contributed by atoms with Gasteiger partial charge in [-0.25, -0.2) is 0 Å². The van der Waals surface area contributed by atoms with Crippen molar-refractivity contribution in [1.29, 1.82) is 0 Å². The van der Waals surface area contributed by atoms with Crippen LogP contribution < -0.4 is 15.7 Å². The Balaban J connectivity index is 1.56. The molecule has 0 radical (unpaired) electrons. The van der Waals surface area contributed by atoms with Crippen molar-refractivity contribution in [3.8, 4) is 0 Å². The number of benzene rings is 3. The number of fused-ring (bicyclic) bond motifs is 1. The summed E-state index contributed by atoms with van der Waals surface area (Å²) >= 11 is 0. The van der Waals surface area contributed by atoms with Crippen LogP contribution in [0.2, 0.25) is 0 Å². The number of anilines is 3. The first kappa shape index (κ1) is 20.5. The lowest BCUT2D eigenvalue weighted by molar-refractivity contribution is -0.0893. The van der Waals surface area contributed by atoms with Crippen molar-refractivity contribution in [2.75, 3.05) is 10.2 Å². The topological polar surface area (TPSA) is 44.7 Å². The van der Waals surface area contributed by atoms with E-state index < -0.39 is 11.2 Å². The van der Waals surface area contributed by atoms with E-state index >= 15 is 0 Å². The third kappa shape index (κ3) is 3.96. The fourth-order valence-electron chi connectivity index (χ4n) is 3.50. The van der Waals surface area contributed by atoms with E-state index in [0.717, 1.165) is 16.8 Å². The van der Waals surface area contributed by atoms with Crippen molar-refractivity contribution in [3.63, 3.8) is 0 Å². The van der Waals surface area contributed by atoms with E-state index in [1.807, 2.05) is 19.9 Å². The molecule has 1 atom stereocenters. The Bertz CT molecular complexity index is 998. The standard InChI is InChI=1S/C25H29BN2O2/c1-24(2,29)25(3,4)30-26-19-16-14-18(15-17-19)23-27-21-12-8-9-13-22(21)28(23)20-10-6-5-7-11-20/h5-17,23,26-27,29H,1-4H3. The fraction of sp³-hybridized carbons (Fsp3) is 0.280. The molecule has 0 amide bonds. The molecule has 1 aliphatic rings. The van der Waals surface area contributed by atoms with Crippen LogP contribution in [0.3, 0.4) is 0 Å². The number of hydrogen-bond acceptors (Lipinski definition) is 4. The largest absolute Gasteiger partial charge is 0.427 e. The SMILES string of the molecule is CC(C)(O)C(C)(C)OBc1ccc(C2Nc3ccccc3N2c2ccccc2)cc1. The Morgan fingerprint density at radius 3 is 2.17 bits per heavy atom. The van der Waals surface area contributed by atoms with E-state index in [4.69, 9.17) is 4.65 Å². The molecule has 0 saturated heterocycles. The van der Waals surface area contributed by atoms with Crippen LogP contribution in [0, 0.1) is 0 Å². The van der Waals surface area contributed by atoms with Gasteiger partial charge in [-0.3, -0.25) is 0 Å². The molecule has 3 aromatic rings. The normalized spacial score (nSPS) is 16.2. The summed E-state index contributed by atoms with van der Waals surface area (Å²) in [7, 11) is 0.456. The van der Waals surface area contributed by atoms with Gasteiger partial charge >= 0.3 is 7.48 Å². The van der Waals surface area contributed by atoms with E-state index in [9.17, 15) is 5.11 Å². The van der Waals surface area contributed by atoms with Crippen LogP contribution in [0.25, 0.3) is 0 Å². The minimum Gasteiger partial charge on any atom is -0.427 e. The van der Waals surface area contributed by atoms with Crippen molar-refractivity contribution >= 4 is 30.0 Å². The zero-order valence-electron chi connectivity index (χ0n) is 18.1. The predicted molar refractivity (Wildman–Crippen MR) is 126 cm³/mol. The maximum Gasteiger partial charge on any atom is 0.309 e. The van der Waals surface area contributed by atoms with E-state index in [0.29, 0.717) is 7.48 Å². The second-order valence-electron chi connectivity index (χ2n) is 8.87. The average molecular weight is 400 g/mol. The summed E-state index contributed by atoms with van der Waals surface area (Å²) < 4.78 is 6.01. The van der Waals surface area contributed by atoms with E-state index in [1.54, 1.807) is 13.8 Å². The van der Waals surface area contributed by atoms with Crippen LogP contribution in [0.5, 0.6) is 0 Å². The summed E-state index contributed by atoms with van der Waals surface area (Å²) in [5.74, 6) is 0. The van der Waals surface area contributed by atoms with Gasteiger partial charge in [-0.1, -0.05) is 60.1 Å². The quantitative estimate of drug-likeness (QED) is 0.599. The monoisotopic (exact) mass is 400 g/mol. The van der Waals surface area contributed by atoms with Crippen LogP contribution in [-0.4, -0.2) is 23.8 Å². The highest BCUT2D eigenvalue weighted by Crippen LogP contribution is 2.45. The maximum absolute atomic E-state index is 10.3. The van der Waals surface area contributed by atoms with Gasteiger partial charge in [0.25, 0.3) is 0 Å². The molecule has 0 aromatic heterocycles. The molecule has 3 aromatic carbocycles. The van der Waals surface area contributed by atoms with Crippen LogP contribution in [-0.2, 0) is 4.65 Å². The molecule has 154 valence electrons. The predicted octanol–water partition coefficient (Wildman–Crippen LogP) is 4.49. The van der Waals surface area contributed by atoms with Crippen LogP contribution in [0.15, 0.2) is 78.9 Å². The summed E-state index contributed by atoms with van der Waals surface area (Å²) in [4.78, 5) is 2.33. The Morgan fingerprint density at radius 2 is 1.50 bits per heavy atom.